The fraction of sp³-hybridized carbons (Fsp3) is 0.286. The quantitative estimate of drug-likeness (QED) is 0.832. The van der Waals surface area contributed by atoms with Crippen molar-refractivity contribution in [2.45, 2.75) is 19.9 Å². The standard InChI is InChI=1S/C14H18N2/c1-12-4-6-13(7-5-12)11-16-10-2-3-14(16)8-9-15/h2-7,10H,8-9,11,15H2,1H3. The Morgan fingerprint density at radius 1 is 1.12 bits per heavy atom. The third kappa shape index (κ3) is 2.52. The summed E-state index contributed by atoms with van der Waals surface area (Å²) in [6.45, 7) is 3.75. The van der Waals surface area contributed by atoms with Crippen LogP contribution in [0.1, 0.15) is 16.8 Å². The molecule has 2 N–H and O–H groups in total. The number of benzene rings is 1. The fourth-order valence-corrected chi connectivity index (χ4v) is 1.87. The first kappa shape index (κ1) is 11.0. The van der Waals surface area contributed by atoms with Gasteiger partial charge in [-0.05, 0) is 37.6 Å². The number of nitrogens with zero attached hydrogens (tertiary/aromatic N) is 1. The molecule has 0 radical (unpaired) electrons. The molecule has 1 heterocycles. The Morgan fingerprint density at radius 2 is 1.88 bits per heavy atom. The molecule has 16 heavy (non-hydrogen) atoms. The van der Waals surface area contributed by atoms with Crippen molar-refractivity contribution in [3.05, 3.63) is 59.4 Å². The molecule has 0 aliphatic rings. The van der Waals surface area contributed by atoms with Gasteiger partial charge in [-0.1, -0.05) is 29.8 Å². The van der Waals surface area contributed by atoms with Crippen LogP contribution in [0.15, 0.2) is 42.6 Å². The van der Waals surface area contributed by atoms with Gasteiger partial charge in [0.05, 0.1) is 0 Å². The Labute approximate surface area is 96.7 Å². The van der Waals surface area contributed by atoms with Gasteiger partial charge in [0.1, 0.15) is 0 Å². The van der Waals surface area contributed by atoms with Crippen LogP contribution in [-0.2, 0) is 13.0 Å². The average molecular weight is 214 g/mol. The lowest BCUT2D eigenvalue weighted by Crippen LogP contribution is -2.09. The molecule has 0 aliphatic heterocycles. The maximum atomic E-state index is 5.59. The first-order valence-electron chi connectivity index (χ1n) is 5.69. The minimum atomic E-state index is 0.706. The van der Waals surface area contributed by atoms with Gasteiger partial charge in [0.25, 0.3) is 0 Å². The molecule has 1 aromatic carbocycles. The number of aryl methyl sites for hydroxylation is 1. The molecule has 0 aliphatic carbocycles. The van der Waals surface area contributed by atoms with Crippen LogP contribution < -0.4 is 5.73 Å². The summed E-state index contributed by atoms with van der Waals surface area (Å²) in [6, 6.07) is 12.9. The molecule has 2 nitrogen and oxygen atoms in total. The Morgan fingerprint density at radius 3 is 2.56 bits per heavy atom. The van der Waals surface area contributed by atoms with Crippen LogP contribution in [0.4, 0.5) is 0 Å². The number of aromatic nitrogens is 1. The van der Waals surface area contributed by atoms with Crippen molar-refractivity contribution in [2.75, 3.05) is 6.54 Å². The largest absolute Gasteiger partial charge is 0.347 e. The van der Waals surface area contributed by atoms with Crippen molar-refractivity contribution in [2.24, 2.45) is 5.73 Å². The predicted molar refractivity (Wildman–Crippen MR) is 67.5 cm³/mol. The van der Waals surface area contributed by atoms with Crippen molar-refractivity contribution >= 4 is 0 Å². The van der Waals surface area contributed by atoms with Gasteiger partial charge in [0.15, 0.2) is 0 Å². The monoisotopic (exact) mass is 214 g/mol. The normalized spacial score (nSPS) is 10.6. The summed E-state index contributed by atoms with van der Waals surface area (Å²) < 4.78 is 2.26. The lowest BCUT2D eigenvalue weighted by Gasteiger charge is -2.08. The van der Waals surface area contributed by atoms with E-state index >= 15 is 0 Å². The summed E-state index contributed by atoms with van der Waals surface area (Å²) in [5, 5.41) is 0. The van der Waals surface area contributed by atoms with Crippen molar-refractivity contribution < 1.29 is 0 Å². The van der Waals surface area contributed by atoms with Gasteiger partial charge in [-0.15, -0.1) is 0 Å². The summed E-state index contributed by atoms with van der Waals surface area (Å²) in [5.41, 5.74) is 9.53. The van der Waals surface area contributed by atoms with Crippen LogP contribution in [0.2, 0.25) is 0 Å². The van der Waals surface area contributed by atoms with Crippen LogP contribution in [0, 0.1) is 6.92 Å². The van der Waals surface area contributed by atoms with Gasteiger partial charge in [0.2, 0.25) is 0 Å². The zero-order valence-corrected chi connectivity index (χ0v) is 9.69. The molecule has 2 heteroatoms. The van der Waals surface area contributed by atoms with E-state index in [1.165, 1.54) is 16.8 Å². The molecule has 1 aromatic heterocycles. The highest BCUT2D eigenvalue weighted by molar-refractivity contribution is 5.22. The van der Waals surface area contributed by atoms with E-state index < -0.39 is 0 Å². The van der Waals surface area contributed by atoms with Gasteiger partial charge in [-0.2, -0.15) is 0 Å². The van der Waals surface area contributed by atoms with Crippen LogP contribution in [-0.4, -0.2) is 11.1 Å². The Kier molecular flexibility index (Phi) is 3.42. The van der Waals surface area contributed by atoms with Crippen LogP contribution >= 0.6 is 0 Å². The highest BCUT2D eigenvalue weighted by Crippen LogP contribution is 2.09. The summed E-state index contributed by atoms with van der Waals surface area (Å²) in [7, 11) is 0. The maximum absolute atomic E-state index is 5.59. The van der Waals surface area contributed by atoms with E-state index in [-0.39, 0.29) is 0 Å². The topological polar surface area (TPSA) is 30.9 Å². The Bertz CT molecular complexity index is 440. The second-order valence-corrected chi connectivity index (χ2v) is 4.15. The maximum Gasteiger partial charge on any atom is 0.0472 e. The van der Waals surface area contributed by atoms with Gasteiger partial charge in [-0.3, -0.25) is 0 Å². The first-order chi connectivity index (χ1) is 7.79. The van der Waals surface area contributed by atoms with E-state index in [1.807, 2.05) is 0 Å². The zero-order valence-electron chi connectivity index (χ0n) is 9.69. The van der Waals surface area contributed by atoms with Gasteiger partial charge < -0.3 is 10.3 Å². The number of hydrogen-bond donors (Lipinski definition) is 1. The molecule has 2 rings (SSSR count). The van der Waals surface area contributed by atoms with Gasteiger partial charge in [0, 0.05) is 18.4 Å². The summed E-state index contributed by atoms with van der Waals surface area (Å²) in [6.07, 6.45) is 3.06. The van der Waals surface area contributed by atoms with Crippen LogP contribution in [0.3, 0.4) is 0 Å². The first-order valence-corrected chi connectivity index (χ1v) is 5.69. The van der Waals surface area contributed by atoms with Gasteiger partial charge >= 0.3 is 0 Å². The fourth-order valence-electron chi connectivity index (χ4n) is 1.87. The van der Waals surface area contributed by atoms with Gasteiger partial charge in [-0.25, -0.2) is 0 Å². The molecule has 0 spiro atoms. The smallest absolute Gasteiger partial charge is 0.0472 e. The van der Waals surface area contributed by atoms with E-state index in [0.29, 0.717) is 6.54 Å². The SMILES string of the molecule is Cc1ccc(Cn2cccc2CCN)cc1. The third-order valence-corrected chi connectivity index (χ3v) is 2.80. The molecule has 0 fully saturated rings. The molecule has 0 unspecified atom stereocenters. The summed E-state index contributed by atoms with van der Waals surface area (Å²) in [4.78, 5) is 0. The second kappa shape index (κ2) is 4.99. The van der Waals surface area contributed by atoms with Crippen molar-refractivity contribution in [1.82, 2.24) is 4.57 Å². The molecular formula is C14H18N2. The lowest BCUT2D eigenvalue weighted by molar-refractivity contribution is 0.736. The molecule has 0 atom stereocenters. The summed E-state index contributed by atoms with van der Waals surface area (Å²) >= 11 is 0. The van der Waals surface area contributed by atoms with Crippen molar-refractivity contribution in [1.29, 1.82) is 0 Å². The molecule has 84 valence electrons. The predicted octanol–water partition coefficient (Wildman–Crippen LogP) is 2.35. The van der Waals surface area contributed by atoms with E-state index in [9.17, 15) is 0 Å². The second-order valence-electron chi connectivity index (χ2n) is 4.15. The lowest BCUT2D eigenvalue weighted by atomic mass is 10.1. The van der Waals surface area contributed by atoms with E-state index in [0.717, 1.165) is 13.0 Å². The number of hydrogen-bond acceptors (Lipinski definition) is 1. The van der Waals surface area contributed by atoms with E-state index in [1.54, 1.807) is 0 Å². The van der Waals surface area contributed by atoms with Crippen molar-refractivity contribution in [3.63, 3.8) is 0 Å². The molecular weight excluding hydrogens is 196 g/mol. The molecule has 0 saturated carbocycles. The third-order valence-electron chi connectivity index (χ3n) is 2.80. The number of rotatable bonds is 4. The average Bonchev–Trinajstić information content (AvgIpc) is 2.70. The molecule has 0 amide bonds. The molecule has 0 saturated heterocycles. The minimum Gasteiger partial charge on any atom is -0.347 e. The van der Waals surface area contributed by atoms with Crippen LogP contribution in [0.5, 0.6) is 0 Å². The van der Waals surface area contributed by atoms with E-state index in [2.05, 4.69) is 54.1 Å². The number of nitrogens with two attached hydrogens (primary N) is 1. The molecule has 2 aromatic rings. The van der Waals surface area contributed by atoms with Crippen molar-refractivity contribution in [3.8, 4) is 0 Å². The zero-order chi connectivity index (χ0) is 11.4. The minimum absolute atomic E-state index is 0.706. The molecule has 0 bridgehead atoms. The Balaban J connectivity index is 2.13. The van der Waals surface area contributed by atoms with E-state index in [4.69, 9.17) is 5.73 Å². The highest BCUT2D eigenvalue weighted by Gasteiger charge is 2.00. The Hall–Kier alpha value is -1.54. The summed E-state index contributed by atoms with van der Waals surface area (Å²) in [5.74, 6) is 0. The highest BCUT2D eigenvalue weighted by atomic mass is 15.0. The van der Waals surface area contributed by atoms with Crippen LogP contribution in [0.25, 0.3) is 0 Å².